The molecule has 0 aromatic heterocycles. The van der Waals surface area contributed by atoms with E-state index in [0.29, 0.717) is 15.6 Å². The second-order valence-corrected chi connectivity index (χ2v) is 11.1. The van der Waals surface area contributed by atoms with Gasteiger partial charge in [0.15, 0.2) is 12.4 Å². The summed E-state index contributed by atoms with van der Waals surface area (Å²) >= 11 is 11.9. The maximum absolute atomic E-state index is 14.8. The third-order valence-corrected chi connectivity index (χ3v) is 6.48. The lowest BCUT2D eigenvalue weighted by molar-refractivity contribution is -0.162. The monoisotopic (exact) mass is 598 g/mol. The third kappa shape index (κ3) is 10.2. The van der Waals surface area contributed by atoms with Crippen molar-refractivity contribution in [3.63, 3.8) is 0 Å². The Balaban J connectivity index is 2.19. The van der Waals surface area contributed by atoms with E-state index in [1.165, 1.54) is 32.0 Å². The quantitative estimate of drug-likeness (QED) is 0.271. The van der Waals surface area contributed by atoms with Crippen molar-refractivity contribution in [2.45, 2.75) is 52.5 Å². The molecule has 0 aliphatic carbocycles. The standard InChI is InChI=1S/C29H34Cl2F2N2O5/c1-17(2)15-34-28(39)29(32,33)27(38)23(18(3)4)14-25(36)24(10-19-8-6-5-7-9-19)35-26(37)16-40-22-12-20(30)11-21(31)13-22/h5-9,11-13,17-18,23-24H,10,14-16H2,1-4H3,(H,34,39)(H,35,37)/t23-,24-/m0/s1. The van der Waals surface area contributed by atoms with E-state index in [0.717, 1.165) is 0 Å². The second kappa shape index (κ2) is 15.1. The Bertz CT molecular complexity index is 1170. The lowest BCUT2D eigenvalue weighted by Gasteiger charge is -2.26. The van der Waals surface area contributed by atoms with Crippen LogP contribution in [0.4, 0.5) is 8.78 Å². The van der Waals surface area contributed by atoms with Crippen LogP contribution < -0.4 is 15.4 Å². The smallest absolute Gasteiger partial charge is 0.381 e. The van der Waals surface area contributed by atoms with Gasteiger partial charge in [-0.05, 0) is 42.0 Å². The predicted molar refractivity (Wildman–Crippen MR) is 150 cm³/mol. The maximum atomic E-state index is 14.8. The van der Waals surface area contributed by atoms with E-state index in [4.69, 9.17) is 27.9 Å². The predicted octanol–water partition coefficient (Wildman–Crippen LogP) is 5.31. The molecule has 0 saturated heterocycles. The van der Waals surface area contributed by atoms with Gasteiger partial charge in [-0.2, -0.15) is 8.78 Å². The van der Waals surface area contributed by atoms with Gasteiger partial charge in [0, 0.05) is 28.9 Å². The molecule has 0 heterocycles. The number of alkyl halides is 2. The van der Waals surface area contributed by atoms with E-state index in [-0.39, 0.29) is 24.6 Å². The summed E-state index contributed by atoms with van der Waals surface area (Å²) in [5.74, 6) is -10.9. The lowest BCUT2D eigenvalue weighted by Crippen LogP contribution is -2.51. The van der Waals surface area contributed by atoms with Gasteiger partial charge >= 0.3 is 5.92 Å². The number of carbonyl (C=O) groups is 4. The highest BCUT2D eigenvalue weighted by molar-refractivity contribution is 6.34. The zero-order valence-corrected chi connectivity index (χ0v) is 24.3. The topological polar surface area (TPSA) is 102 Å². The van der Waals surface area contributed by atoms with Gasteiger partial charge in [-0.3, -0.25) is 19.2 Å². The van der Waals surface area contributed by atoms with E-state index >= 15 is 0 Å². The summed E-state index contributed by atoms with van der Waals surface area (Å²) in [7, 11) is 0. The van der Waals surface area contributed by atoms with Crippen molar-refractivity contribution in [1.29, 1.82) is 0 Å². The minimum atomic E-state index is -4.31. The number of halogens is 4. The zero-order valence-electron chi connectivity index (χ0n) is 22.8. The van der Waals surface area contributed by atoms with Crippen LogP contribution in [0.15, 0.2) is 48.5 Å². The zero-order chi connectivity index (χ0) is 30.0. The number of hydrogen-bond donors (Lipinski definition) is 2. The van der Waals surface area contributed by atoms with Crippen molar-refractivity contribution in [2.24, 2.45) is 17.8 Å². The number of benzene rings is 2. The molecule has 2 rings (SSSR count). The number of Topliss-reactive ketones (excluding diaryl/α,β-unsaturated/α-hetero) is 2. The van der Waals surface area contributed by atoms with Gasteiger partial charge in [0.25, 0.3) is 11.8 Å². The molecule has 2 aromatic carbocycles. The Hall–Kier alpha value is -3.04. The molecule has 0 bridgehead atoms. The Kier molecular flexibility index (Phi) is 12.5. The number of carbonyl (C=O) groups excluding carboxylic acids is 4. The molecule has 40 heavy (non-hydrogen) atoms. The third-order valence-electron chi connectivity index (χ3n) is 6.04. The minimum Gasteiger partial charge on any atom is -0.484 e. The maximum Gasteiger partial charge on any atom is 0.381 e. The van der Waals surface area contributed by atoms with Crippen molar-refractivity contribution in [1.82, 2.24) is 10.6 Å². The summed E-state index contributed by atoms with van der Waals surface area (Å²) in [5, 5.41) is 5.28. The first-order valence-corrected chi connectivity index (χ1v) is 13.6. The van der Waals surface area contributed by atoms with Crippen LogP contribution in [-0.2, 0) is 25.6 Å². The highest BCUT2D eigenvalue weighted by Crippen LogP contribution is 2.28. The van der Waals surface area contributed by atoms with E-state index in [1.807, 2.05) is 0 Å². The largest absolute Gasteiger partial charge is 0.484 e. The van der Waals surface area contributed by atoms with Crippen LogP contribution in [0.1, 0.15) is 39.7 Å². The van der Waals surface area contributed by atoms with Gasteiger partial charge in [0.2, 0.25) is 5.78 Å². The highest BCUT2D eigenvalue weighted by atomic mass is 35.5. The van der Waals surface area contributed by atoms with Crippen molar-refractivity contribution in [3.8, 4) is 5.75 Å². The van der Waals surface area contributed by atoms with E-state index < -0.39 is 60.2 Å². The van der Waals surface area contributed by atoms with Crippen LogP contribution in [-0.4, -0.2) is 48.5 Å². The van der Waals surface area contributed by atoms with Crippen molar-refractivity contribution < 1.29 is 32.7 Å². The first kappa shape index (κ1) is 33.2. The molecule has 0 fully saturated rings. The molecule has 0 saturated carbocycles. The molecule has 2 aromatic rings. The molecule has 0 radical (unpaired) electrons. The van der Waals surface area contributed by atoms with Gasteiger partial charge in [-0.15, -0.1) is 0 Å². The first-order valence-electron chi connectivity index (χ1n) is 12.9. The summed E-state index contributed by atoms with van der Waals surface area (Å²) in [6.45, 7) is 6.00. The molecule has 0 spiro atoms. The Morgan fingerprint density at radius 2 is 1.55 bits per heavy atom. The summed E-state index contributed by atoms with van der Waals surface area (Å²) in [6, 6.07) is 12.1. The molecule has 2 amide bonds. The van der Waals surface area contributed by atoms with Crippen LogP contribution in [0.25, 0.3) is 0 Å². The molecule has 2 N–H and O–H groups in total. The minimum absolute atomic E-state index is 0.0262. The van der Waals surface area contributed by atoms with Crippen LogP contribution in [0.3, 0.4) is 0 Å². The van der Waals surface area contributed by atoms with Gasteiger partial charge in [0.1, 0.15) is 5.75 Å². The number of rotatable bonds is 15. The molecular formula is C29H34Cl2F2N2O5. The average Bonchev–Trinajstić information content (AvgIpc) is 2.88. The van der Waals surface area contributed by atoms with E-state index in [9.17, 15) is 28.0 Å². The fourth-order valence-electron chi connectivity index (χ4n) is 3.83. The van der Waals surface area contributed by atoms with Crippen LogP contribution in [0.2, 0.25) is 10.0 Å². The van der Waals surface area contributed by atoms with Gasteiger partial charge in [-0.25, -0.2) is 0 Å². The molecule has 7 nitrogen and oxygen atoms in total. The number of amides is 2. The van der Waals surface area contributed by atoms with Crippen molar-refractivity contribution >= 4 is 46.6 Å². The summed E-state index contributed by atoms with van der Waals surface area (Å²) in [4.78, 5) is 51.1. The van der Waals surface area contributed by atoms with Crippen molar-refractivity contribution in [3.05, 3.63) is 64.1 Å². The molecule has 218 valence electrons. The van der Waals surface area contributed by atoms with Gasteiger partial charge in [0.05, 0.1) is 6.04 Å². The summed E-state index contributed by atoms with van der Waals surface area (Å²) in [5.41, 5.74) is 0.703. The fourth-order valence-corrected chi connectivity index (χ4v) is 4.34. The van der Waals surface area contributed by atoms with Crippen LogP contribution in [0.5, 0.6) is 5.75 Å². The Morgan fingerprint density at radius 1 is 0.950 bits per heavy atom. The first-order chi connectivity index (χ1) is 18.7. The number of nitrogens with one attached hydrogen (secondary N) is 2. The fraction of sp³-hybridized carbons (Fsp3) is 0.448. The highest BCUT2D eigenvalue weighted by Gasteiger charge is 2.51. The Labute approximate surface area is 242 Å². The molecule has 0 unspecified atom stereocenters. The van der Waals surface area contributed by atoms with Gasteiger partial charge in [-0.1, -0.05) is 81.2 Å². The number of ketones is 2. The average molecular weight is 600 g/mol. The summed E-state index contributed by atoms with van der Waals surface area (Å²) < 4.78 is 35.1. The second-order valence-electron chi connectivity index (χ2n) is 10.3. The Morgan fingerprint density at radius 3 is 2.10 bits per heavy atom. The molecular weight excluding hydrogens is 565 g/mol. The van der Waals surface area contributed by atoms with E-state index in [2.05, 4.69) is 10.6 Å². The normalized spacial score (nSPS) is 13.1. The molecule has 11 heteroatoms. The molecule has 0 aliphatic rings. The molecule has 2 atom stereocenters. The van der Waals surface area contributed by atoms with Crippen LogP contribution >= 0.6 is 23.2 Å². The van der Waals surface area contributed by atoms with E-state index in [1.54, 1.807) is 44.2 Å². The molecule has 0 aliphatic heterocycles. The number of hydrogen-bond acceptors (Lipinski definition) is 5. The number of ether oxygens (including phenoxy) is 1. The van der Waals surface area contributed by atoms with Crippen LogP contribution in [0, 0.1) is 17.8 Å². The SMILES string of the molecule is CC(C)CNC(=O)C(F)(F)C(=O)[C@@H](CC(=O)[C@H](Cc1ccccc1)NC(=O)COc1cc(Cl)cc(Cl)c1)C(C)C. The lowest BCUT2D eigenvalue weighted by atomic mass is 9.82. The summed E-state index contributed by atoms with van der Waals surface area (Å²) in [6.07, 6.45) is -0.537. The van der Waals surface area contributed by atoms with Crippen molar-refractivity contribution in [2.75, 3.05) is 13.2 Å². The van der Waals surface area contributed by atoms with Gasteiger partial charge < -0.3 is 15.4 Å².